The van der Waals surface area contributed by atoms with E-state index in [1.54, 1.807) is 7.11 Å². The van der Waals surface area contributed by atoms with Crippen LogP contribution in [0.1, 0.15) is 37.8 Å². The van der Waals surface area contributed by atoms with Crippen molar-refractivity contribution in [3.8, 4) is 5.75 Å². The minimum Gasteiger partial charge on any atom is -0.497 e. The molecular formula is C18H22FNO. The third-order valence-corrected chi connectivity index (χ3v) is 3.55. The van der Waals surface area contributed by atoms with Gasteiger partial charge in [-0.1, -0.05) is 31.9 Å². The molecule has 2 nitrogen and oxygen atoms in total. The van der Waals surface area contributed by atoms with Crippen LogP contribution < -0.4 is 10.1 Å². The summed E-state index contributed by atoms with van der Waals surface area (Å²) in [4.78, 5) is 0. The van der Waals surface area contributed by atoms with E-state index in [9.17, 15) is 4.39 Å². The third-order valence-electron chi connectivity index (χ3n) is 3.55. The molecule has 0 saturated heterocycles. The van der Waals surface area contributed by atoms with Gasteiger partial charge in [-0.2, -0.15) is 0 Å². The van der Waals surface area contributed by atoms with Gasteiger partial charge in [-0.05, 0) is 48.4 Å². The molecule has 0 aromatic heterocycles. The first-order valence-electron chi connectivity index (χ1n) is 7.39. The van der Waals surface area contributed by atoms with E-state index in [1.807, 2.05) is 36.4 Å². The van der Waals surface area contributed by atoms with Crippen molar-refractivity contribution in [2.75, 3.05) is 12.4 Å². The Balaban J connectivity index is 2.13. The van der Waals surface area contributed by atoms with Crippen LogP contribution in [0.5, 0.6) is 5.75 Å². The quantitative estimate of drug-likeness (QED) is 0.757. The van der Waals surface area contributed by atoms with Crippen LogP contribution in [0.15, 0.2) is 48.5 Å². The van der Waals surface area contributed by atoms with Crippen molar-refractivity contribution >= 4 is 5.69 Å². The molecule has 0 aliphatic carbocycles. The fraction of sp³-hybridized carbons (Fsp3) is 0.333. The number of ether oxygens (including phenoxy) is 1. The van der Waals surface area contributed by atoms with E-state index in [2.05, 4.69) is 12.2 Å². The monoisotopic (exact) mass is 287 g/mol. The molecular weight excluding hydrogens is 265 g/mol. The van der Waals surface area contributed by atoms with Crippen LogP contribution >= 0.6 is 0 Å². The van der Waals surface area contributed by atoms with Gasteiger partial charge >= 0.3 is 0 Å². The summed E-state index contributed by atoms with van der Waals surface area (Å²) in [6, 6.07) is 14.8. The van der Waals surface area contributed by atoms with E-state index in [4.69, 9.17) is 4.74 Å². The number of nitrogens with one attached hydrogen (secondary N) is 1. The maximum Gasteiger partial charge on any atom is 0.123 e. The van der Waals surface area contributed by atoms with Gasteiger partial charge < -0.3 is 10.1 Å². The van der Waals surface area contributed by atoms with Crippen molar-refractivity contribution in [1.29, 1.82) is 0 Å². The van der Waals surface area contributed by atoms with Gasteiger partial charge in [0.25, 0.3) is 0 Å². The summed E-state index contributed by atoms with van der Waals surface area (Å²) in [7, 11) is 1.66. The Morgan fingerprint density at radius 1 is 1.05 bits per heavy atom. The molecule has 0 bridgehead atoms. The number of hydrogen-bond acceptors (Lipinski definition) is 2. The predicted molar refractivity (Wildman–Crippen MR) is 85.3 cm³/mol. The lowest BCUT2D eigenvalue weighted by Gasteiger charge is -2.20. The zero-order valence-electron chi connectivity index (χ0n) is 12.6. The fourth-order valence-corrected chi connectivity index (χ4v) is 2.31. The Bertz CT molecular complexity index is 536. The Morgan fingerprint density at radius 2 is 1.71 bits per heavy atom. The molecule has 1 N–H and O–H groups in total. The molecule has 0 fully saturated rings. The molecule has 0 aliphatic rings. The van der Waals surface area contributed by atoms with Gasteiger partial charge in [-0.25, -0.2) is 4.39 Å². The first kappa shape index (κ1) is 15.4. The molecule has 0 heterocycles. The molecule has 0 saturated carbocycles. The minimum atomic E-state index is -0.197. The van der Waals surface area contributed by atoms with E-state index < -0.39 is 0 Å². The summed E-state index contributed by atoms with van der Waals surface area (Å²) in [5.74, 6) is 0.643. The maximum absolute atomic E-state index is 13.1. The van der Waals surface area contributed by atoms with E-state index in [1.165, 1.54) is 12.1 Å². The Kier molecular flexibility index (Phi) is 5.61. The van der Waals surface area contributed by atoms with Crippen LogP contribution in [0.4, 0.5) is 10.1 Å². The highest BCUT2D eigenvalue weighted by Gasteiger charge is 2.11. The highest BCUT2D eigenvalue weighted by atomic mass is 19.1. The molecule has 2 aromatic rings. The zero-order valence-corrected chi connectivity index (χ0v) is 12.6. The maximum atomic E-state index is 13.1. The molecule has 2 rings (SSSR count). The van der Waals surface area contributed by atoms with Gasteiger partial charge in [0.1, 0.15) is 11.6 Å². The molecule has 0 aliphatic heterocycles. The Morgan fingerprint density at radius 3 is 2.29 bits per heavy atom. The predicted octanol–water partition coefficient (Wildman–Crippen LogP) is 5.18. The molecule has 0 radical (unpaired) electrons. The number of benzene rings is 2. The summed E-state index contributed by atoms with van der Waals surface area (Å²) in [6.45, 7) is 2.18. The number of anilines is 1. The van der Waals surface area contributed by atoms with E-state index in [0.717, 1.165) is 36.3 Å². The summed E-state index contributed by atoms with van der Waals surface area (Å²) in [6.07, 6.45) is 3.29. The van der Waals surface area contributed by atoms with Crippen LogP contribution in [0.25, 0.3) is 0 Å². The summed E-state index contributed by atoms with van der Waals surface area (Å²) >= 11 is 0. The SMILES string of the molecule is CCCCC(Nc1ccc(OC)cc1)c1ccc(F)cc1. The average molecular weight is 287 g/mol. The Labute approximate surface area is 126 Å². The largest absolute Gasteiger partial charge is 0.497 e. The summed E-state index contributed by atoms with van der Waals surface area (Å²) in [5, 5.41) is 3.52. The molecule has 2 aromatic carbocycles. The standard InChI is InChI=1S/C18H22FNO/c1-3-4-5-18(14-6-8-15(19)9-7-14)20-16-10-12-17(21-2)13-11-16/h6-13,18,20H,3-5H2,1-2H3. The van der Waals surface area contributed by atoms with Gasteiger partial charge in [0.15, 0.2) is 0 Å². The van der Waals surface area contributed by atoms with Crippen molar-refractivity contribution in [2.24, 2.45) is 0 Å². The van der Waals surface area contributed by atoms with Crippen LogP contribution in [0.2, 0.25) is 0 Å². The summed E-state index contributed by atoms with van der Waals surface area (Å²) in [5.41, 5.74) is 2.15. The Hall–Kier alpha value is -2.03. The molecule has 0 amide bonds. The second-order valence-electron chi connectivity index (χ2n) is 5.12. The number of unbranched alkanes of at least 4 members (excludes halogenated alkanes) is 1. The van der Waals surface area contributed by atoms with Gasteiger partial charge in [-0.3, -0.25) is 0 Å². The van der Waals surface area contributed by atoms with Gasteiger partial charge in [-0.15, -0.1) is 0 Å². The van der Waals surface area contributed by atoms with Crippen LogP contribution in [-0.2, 0) is 0 Å². The smallest absolute Gasteiger partial charge is 0.123 e. The minimum absolute atomic E-state index is 0.193. The molecule has 21 heavy (non-hydrogen) atoms. The number of hydrogen-bond donors (Lipinski definition) is 1. The van der Waals surface area contributed by atoms with Crippen molar-refractivity contribution in [3.63, 3.8) is 0 Å². The average Bonchev–Trinajstić information content (AvgIpc) is 2.53. The van der Waals surface area contributed by atoms with Gasteiger partial charge in [0.05, 0.1) is 13.2 Å². The van der Waals surface area contributed by atoms with Gasteiger partial charge in [0, 0.05) is 5.69 Å². The zero-order chi connectivity index (χ0) is 15.1. The van der Waals surface area contributed by atoms with E-state index >= 15 is 0 Å². The first-order chi connectivity index (χ1) is 10.2. The van der Waals surface area contributed by atoms with Crippen molar-refractivity contribution in [1.82, 2.24) is 0 Å². The fourth-order valence-electron chi connectivity index (χ4n) is 2.31. The highest BCUT2D eigenvalue weighted by Crippen LogP contribution is 2.26. The number of methoxy groups -OCH3 is 1. The van der Waals surface area contributed by atoms with Crippen molar-refractivity contribution in [3.05, 3.63) is 59.9 Å². The molecule has 1 unspecified atom stereocenters. The highest BCUT2D eigenvalue weighted by molar-refractivity contribution is 5.48. The lowest BCUT2D eigenvalue weighted by atomic mass is 10.0. The van der Waals surface area contributed by atoms with Crippen molar-refractivity contribution in [2.45, 2.75) is 32.2 Å². The van der Waals surface area contributed by atoms with E-state index in [0.29, 0.717) is 0 Å². The molecule has 1 atom stereocenters. The summed E-state index contributed by atoms with van der Waals surface area (Å²) < 4.78 is 18.2. The second kappa shape index (κ2) is 7.67. The number of halogens is 1. The van der Waals surface area contributed by atoms with Crippen LogP contribution in [0.3, 0.4) is 0 Å². The van der Waals surface area contributed by atoms with Gasteiger partial charge in [0.2, 0.25) is 0 Å². The normalized spacial score (nSPS) is 12.0. The van der Waals surface area contributed by atoms with Crippen LogP contribution in [0, 0.1) is 5.82 Å². The molecule has 0 spiro atoms. The van der Waals surface area contributed by atoms with E-state index in [-0.39, 0.29) is 11.9 Å². The molecule has 3 heteroatoms. The first-order valence-corrected chi connectivity index (χ1v) is 7.39. The number of rotatable bonds is 7. The lowest BCUT2D eigenvalue weighted by molar-refractivity contribution is 0.415. The second-order valence-corrected chi connectivity index (χ2v) is 5.12. The topological polar surface area (TPSA) is 21.3 Å². The van der Waals surface area contributed by atoms with Crippen molar-refractivity contribution < 1.29 is 9.13 Å². The molecule has 112 valence electrons. The third kappa shape index (κ3) is 4.48. The lowest BCUT2D eigenvalue weighted by Crippen LogP contribution is -2.10. The van der Waals surface area contributed by atoms with Crippen LogP contribution in [-0.4, -0.2) is 7.11 Å².